The minimum absolute atomic E-state index is 0.0499. The number of carbonyl (C=O) groups excluding carboxylic acids is 1. The van der Waals surface area contributed by atoms with Crippen molar-refractivity contribution in [3.05, 3.63) is 42.4 Å². The van der Waals surface area contributed by atoms with Crippen LogP contribution in [-0.4, -0.2) is 24.3 Å². The van der Waals surface area contributed by atoms with Crippen molar-refractivity contribution in [2.75, 3.05) is 0 Å². The minimum Gasteiger partial charge on any atom is -0.330 e. The molecule has 0 fully saturated rings. The monoisotopic (exact) mass is 250 g/mol. The Bertz CT molecular complexity index is 645. The second kappa shape index (κ2) is 4.14. The summed E-state index contributed by atoms with van der Waals surface area (Å²) < 4.78 is 25.8. The van der Waals surface area contributed by atoms with Gasteiger partial charge in [-0.25, -0.2) is 13.4 Å². The molecule has 1 heterocycles. The van der Waals surface area contributed by atoms with Crippen LogP contribution >= 0.6 is 0 Å². The van der Waals surface area contributed by atoms with Crippen LogP contribution in [0.25, 0.3) is 0 Å². The average Bonchev–Trinajstić information content (AvgIpc) is 2.72. The SMILES string of the molecule is Cn1cnc(S(=O)(=O)c2ccccc2)c1C=O. The van der Waals surface area contributed by atoms with Gasteiger partial charge < -0.3 is 4.57 Å². The fraction of sp³-hybridized carbons (Fsp3) is 0.0909. The van der Waals surface area contributed by atoms with Gasteiger partial charge in [-0.05, 0) is 12.1 Å². The number of hydrogen-bond donors (Lipinski definition) is 0. The summed E-state index contributed by atoms with van der Waals surface area (Å²) in [5.41, 5.74) is 0.0499. The van der Waals surface area contributed by atoms with Crippen LogP contribution in [0.2, 0.25) is 0 Å². The highest BCUT2D eigenvalue weighted by atomic mass is 32.2. The smallest absolute Gasteiger partial charge is 0.226 e. The van der Waals surface area contributed by atoms with E-state index in [4.69, 9.17) is 0 Å². The molecule has 0 bridgehead atoms. The average molecular weight is 250 g/mol. The predicted molar refractivity (Wildman–Crippen MR) is 60.5 cm³/mol. The molecule has 0 unspecified atom stereocenters. The van der Waals surface area contributed by atoms with Gasteiger partial charge in [0.1, 0.15) is 5.69 Å². The molecule has 5 nitrogen and oxygen atoms in total. The molecule has 0 spiro atoms. The first-order chi connectivity index (χ1) is 8.07. The van der Waals surface area contributed by atoms with E-state index >= 15 is 0 Å². The summed E-state index contributed by atoms with van der Waals surface area (Å²) in [6.07, 6.45) is 1.79. The number of aldehydes is 1. The molecule has 17 heavy (non-hydrogen) atoms. The van der Waals surface area contributed by atoms with Crippen molar-refractivity contribution in [1.82, 2.24) is 9.55 Å². The number of sulfone groups is 1. The zero-order valence-corrected chi connectivity index (χ0v) is 9.89. The van der Waals surface area contributed by atoms with Crippen LogP contribution in [0.15, 0.2) is 46.6 Å². The lowest BCUT2D eigenvalue weighted by atomic mass is 10.4. The zero-order valence-electron chi connectivity index (χ0n) is 9.07. The number of benzene rings is 1. The summed E-state index contributed by atoms with van der Waals surface area (Å²) in [4.78, 5) is 14.8. The van der Waals surface area contributed by atoms with E-state index in [0.717, 1.165) is 0 Å². The van der Waals surface area contributed by atoms with Crippen LogP contribution in [0.5, 0.6) is 0 Å². The van der Waals surface area contributed by atoms with E-state index < -0.39 is 9.84 Å². The molecule has 0 atom stereocenters. The molecule has 1 aromatic carbocycles. The Kier molecular flexibility index (Phi) is 2.81. The van der Waals surface area contributed by atoms with Gasteiger partial charge in [-0.1, -0.05) is 18.2 Å². The molecule has 0 aliphatic heterocycles. The first kappa shape index (κ1) is 11.5. The van der Waals surface area contributed by atoms with Gasteiger partial charge >= 0.3 is 0 Å². The molecule has 0 saturated heterocycles. The van der Waals surface area contributed by atoms with Gasteiger partial charge in [0.15, 0.2) is 11.3 Å². The van der Waals surface area contributed by atoms with E-state index in [-0.39, 0.29) is 15.6 Å². The highest BCUT2D eigenvalue weighted by Crippen LogP contribution is 2.21. The molecule has 1 aromatic heterocycles. The van der Waals surface area contributed by atoms with Crippen LogP contribution in [0.3, 0.4) is 0 Å². The maximum atomic E-state index is 12.2. The molecule has 0 N–H and O–H groups in total. The molecular weight excluding hydrogens is 240 g/mol. The lowest BCUT2D eigenvalue weighted by Gasteiger charge is -2.02. The Hall–Kier alpha value is -1.95. The summed E-state index contributed by atoms with van der Waals surface area (Å²) in [6, 6.07) is 7.90. The lowest BCUT2D eigenvalue weighted by molar-refractivity contribution is 0.111. The summed E-state index contributed by atoms with van der Waals surface area (Å²) in [5, 5.41) is -0.207. The summed E-state index contributed by atoms with van der Waals surface area (Å²) in [5.74, 6) is 0. The second-order valence-electron chi connectivity index (χ2n) is 3.48. The van der Waals surface area contributed by atoms with Gasteiger partial charge in [0.25, 0.3) is 0 Å². The molecule has 88 valence electrons. The first-order valence-electron chi connectivity index (χ1n) is 4.84. The van der Waals surface area contributed by atoms with Crippen LogP contribution < -0.4 is 0 Å². The summed E-state index contributed by atoms with van der Waals surface area (Å²) in [7, 11) is -2.15. The van der Waals surface area contributed by atoms with E-state index in [0.29, 0.717) is 6.29 Å². The molecule has 0 aliphatic rings. The number of aryl methyl sites for hydroxylation is 1. The number of carbonyl (C=O) groups is 1. The van der Waals surface area contributed by atoms with Crippen LogP contribution in [-0.2, 0) is 16.9 Å². The Balaban J connectivity index is 2.64. The fourth-order valence-corrected chi connectivity index (χ4v) is 2.86. The van der Waals surface area contributed by atoms with E-state index in [1.165, 1.54) is 23.0 Å². The molecule has 0 saturated carbocycles. The van der Waals surface area contributed by atoms with Gasteiger partial charge in [0.2, 0.25) is 9.84 Å². The topological polar surface area (TPSA) is 69.0 Å². The number of hydrogen-bond acceptors (Lipinski definition) is 4. The number of aromatic nitrogens is 2. The quantitative estimate of drug-likeness (QED) is 0.764. The van der Waals surface area contributed by atoms with Gasteiger partial charge in [-0.2, -0.15) is 0 Å². The molecule has 0 amide bonds. The Labute approximate surface area is 98.6 Å². The van der Waals surface area contributed by atoms with Gasteiger partial charge in [-0.3, -0.25) is 4.79 Å². The van der Waals surface area contributed by atoms with Crippen LogP contribution in [0, 0.1) is 0 Å². The van der Waals surface area contributed by atoms with Gasteiger partial charge in [-0.15, -0.1) is 0 Å². The van der Waals surface area contributed by atoms with E-state index in [1.54, 1.807) is 25.2 Å². The first-order valence-corrected chi connectivity index (χ1v) is 6.32. The van der Waals surface area contributed by atoms with Crippen molar-refractivity contribution in [2.45, 2.75) is 9.92 Å². The minimum atomic E-state index is -3.72. The van der Waals surface area contributed by atoms with Crippen LogP contribution in [0.1, 0.15) is 10.5 Å². The third kappa shape index (κ3) is 1.87. The number of imidazole rings is 1. The molecular formula is C11H10N2O3S. The van der Waals surface area contributed by atoms with Gasteiger partial charge in [0.05, 0.1) is 11.2 Å². The van der Waals surface area contributed by atoms with E-state index in [1.807, 2.05) is 0 Å². The third-order valence-electron chi connectivity index (χ3n) is 2.37. The molecule has 6 heteroatoms. The largest absolute Gasteiger partial charge is 0.330 e. The van der Waals surface area contributed by atoms with Crippen LogP contribution in [0.4, 0.5) is 0 Å². The standard InChI is InChI=1S/C11H10N2O3S/c1-13-8-12-11(10(13)7-14)17(15,16)9-5-3-2-4-6-9/h2-8H,1H3. The fourth-order valence-electron chi connectivity index (χ4n) is 1.47. The van der Waals surface area contributed by atoms with Crippen molar-refractivity contribution in [1.29, 1.82) is 0 Å². The maximum Gasteiger partial charge on any atom is 0.226 e. The molecule has 0 radical (unpaired) electrons. The van der Waals surface area contributed by atoms with Crippen molar-refractivity contribution in [3.8, 4) is 0 Å². The second-order valence-corrected chi connectivity index (χ2v) is 5.35. The highest BCUT2D eigenvalue weighted by molar-refractivity contribution is 7.91. The Morgan fingerprint density at radius 2 is 1.88 bits per heavy atom. The predicted octanol–water partition coefficient (Wildman–Crippen LogP) is 1.07. The molecule has 2 aromatic rings. The third-order valence-corrected chi connectivity index (χ3v) is 4.08. The normalized spacial score (nSPS) is 11.4. The van der Waals surface area contributed by atoms with Crippen molar-refractivity contribution < 1.29 is 13.2 Å². The highest BCUT2D eigenvalue weighted by Gasteiger charge is 2.24. The van der Waals surface area contributed by atoms with E-state index in [2.05, 4.69) is 4.98 Å². The summed E-state index contributed by atoms with van der Waals surface area (Å²) in [6.45, 7) is 0. The zero-order chi connectivity index (χ0) is 12.5. The van der Waals surface area contributed by atoms with Crippen molar-refractivity contribution in [2.24, 2.45) is 7.05 Å². The maximum absolute atomic E-state index is 12.2. The molecule has 2 rings (SSSR count). The summed E-state index contributed by atoms with van der Waals surface area (Å²) >= 11 is 0. The Morgan fingerprint density at radius 3 is 2.47 bits per heavy atom. The Morgan fingerprint density at radius 1 is 1.24 bits per heavy atom. The number of nitrogens with zero attached hydrogens (tertiary/aromatic N) is 2. The van der Waals surface area contributed by atoms with Crippen molar-refractivity contribution in [3.63, 3.8) is 0 Å². The van der Waals surface area contributed by atoms with Crippen molar-refractivity contribution >= 4 is 16.1 Å². The lowest BCUT2D eigenvalue weighted by Crippen LogP contribution is -2.06. The van der Waals surface area contributed by atoms with Gasteiger partial charge in [0, 0.05) is 7.05 Å². The molecule has 0 aliphatic carbocycles. The van der Waals surface area contributed by atoms with E-state index in [9.17, 15) is 13.2 Å². The number of rotatable bonds is 3.